The third-order valence-electron chi connectivity index (χ3n) is 5.14. The van der Waals surface area contributed by atoms with Crippen molar-refractivity contribution in [3.63, 3.8) is 0 Å². The van der Waals surface area contributed by atoms with Crippen LogP contribution in [0.25, 0.3) is 44.8 Å². The minimum Gasteiger partial charge on any atom is -0.358 e. The van der Waals surface area contributed by atoms with Gasteiger partial charge < -0.3 is 9.97 Å². The van der Waals surface area contributed by atoms with Crippen LogP contribution in [0.2, 0.25) is 0 Å². The summed E-state index contributed by atoms with van der Waals surface area (Å²) in [5, 5.41) is 1.03. The average Bonchev–Trinajstić information content (AvgIpc) is 3.29. The van der Waals surface area contributed by atoms with Crippen LogP contribution in [0.3, 0.4) is 0 Å². The van der Waals surface area contributed by atoms with Gasteiger partial charge in [-0.1, -0.05) is 15.9 Å². The van der Waals surface area contributed by atoms with Gasteiger partial charge in [-0.15, -0.1) is 0 Å². The lowest BCUT2D eigenvalue weighted by Gasteiger charge is -2.03. The van der Waals surface area contributed by atoms with Crippen LogP contribution in [0.4, 0.5) is 8.78 Å². The fourth-order valence-electron chi connectivity index (χ4n) is 3.74. The van der Waals surface area contributed by atoms with Crippen LogP contribution in [-0.2, 0) is 0 Å². The zero-order valence-corrected chi connectivity index (χ0v) is 17.5. The number of benzene rings is 3. The third kappa shape index (κ3) is 3.23. The molecule has 6 heteroatoms. The Morgan fingerprint density at radius 3 is 2.10 bits per heavy atom. The average molecular weight is 464 g/mol. The van der Waals surface area contributed by atoms with Crippen molar-refractivity contribution in [3.8, 4) is 33.9 Å². The number of halogens is 3. The molecule has 3 aromatic carbocycles. The lowest BCUT2D eigenvalue weighted by Crippen LogP contribution is -1.85. The predicted octanol–water partition coefficient (Wildman–Crippen LogP) is 7.24. The van der Waals surface area contributed by atoms with Crippen molar-refractivity contribution in [1.82, 2.24) is 15.0 Å². The molecule has 0 fully saturated rings. The van der Waals surface area contributed by atoms with Crippen LogP contribution in [0.1, 0.15) is 5.69 Å². The van der Waals surface area contributed by atoms with Gasteiger partial charge >= 0.3 is 0 Å². The summed E-state index contributed by atoms with van der Waals surface area (Å²) in [5.41, 5.74) is 5.95. The van der Waals surface area contributed by atoms with E-state index in [0.717, 1.165) is 43.5 Å². The highest BCUT2D eigenvalue weighted by molar-refractivity contribution is 9.10. The van der Waals surface area contributed by atoms with Gasteiger partial charge in [-0.3, -0.25) is 0 Å². The van der Waals surface area contributed by atoms with E-state index >= 15 is 0 Å². The van der Waals surface area contributed by atoms with E-state index < -0.39 is 0 Å². The second kappa shape index (κ2) is 7.22. The van der Waals surface area contributed by atoms with Gasteiger partial charge in [0.15, 0.2) is 0 Å². The van der Waals surface area contributed by atoms with Crippen LogP contribution < -0.4 is 0 Å². The Bertz CT molecular complexity index is 1300. The number of aromatic nitrogens is 3. The molecule has 0 aliphatic heterocycles. The van der Waals surface area contributed by atoms with Gasteiger partial charge in [0.25, 0.3) is 0 Å². The minimum atomic E-state index is -0.310. The molecule has 0 aliphatic carbocycles. The molecule has 0 spiro atoms. The molecule has 2 aromatic heterocycles. The number of nitrogens with zero attached hydrogens (tertiary/aromatic N) is 1. The fraction of sp³-hybridized carbons (Fsp3) is 0.0417. The Morgan fingerprint density at radius 1 is 0.800 bits per heavy atom. The summed E-state index contributed by atoms with van der Waals surface area (Å²) in [6.45, 7) is 2.00. The monoisotopic (exact) mass is 463 g/mol. The fourth-order valence-corrected chi connectivity index (χ4v) is 4.10. The first-order valence-electron chi connectivity index (χ1n) is 9.39. The predicted molar refractivity (Wildman–Crippen MR) is 119 cm³/mol. The quantitative estimate of drug-likeness (QED) is 0.291. The second-order valence-electron chi connectivity index (χ2n) is 7.14. The number of fused-ring (bicyclic) bond motifs is 1. The van der Waals surface area contributed by atoms with Crippen molar-refractivity contribution in [2.45, 2.75) is 6.92 Å². The van der Waals surface area contributed by atoms with Crippen molar-refractivity contribution in [2.24, 2.45) is 0 Å². The topological polar surface area (TPSA) is 44.5 Å². The summed E-state index contributed by atoms with van der Waals surface area (Å²) < 4.78 is 27.9. The van der Waals surface area contributed by atoms with Gasteiger partial charge in [0.05, 0.1) is 11.4 Å². The number of aromatic amines is 2. The van der Waals surface area contributed by atoms with E-state index in [9.17, 15) is 8.78 Å². The van der Waals surface area contributed by atoms with Gasteiger partial charge in [-0.2, -0.15) is 0 Å². The Labute approximate surface area is 179 Å². The van der Waals surface area contributed by atoms with E-state index in [2.05, 4.69) is 25.9 Å². The summed E-state index contributed by atoms with van der Waals surface area (Å²) in [7, 11) is 0. The van der Waals surface area contributed by atoms with Crippen molar-refractivity contribution >= 4 is 26.8 Å². The highest BCUT2D eigenvalue weighted by Crippen LogP contribution is 2.37. The lowest BCUT2D eigenvalue weighted by atomic mass is 10.1. The molecule has 148 valence electrons. The Morgan fingerprint density at radius 2 is 1.43 bits per heavy atom. The molecule has 0 saturated carbocycles. The van der Waals surface area contributed by atoms with Crippen LogP contribution in [-0.4, -0.2) is 15.0 Å². The molecule has 0 aliphatic rings. The summed E-state index contributed by atoms with van der Waals surface area (Å²) in [6.07, 6.45) is 0. The van der Waals surface area contributed by atoms with Gasteiger partial charge in [0.2, 0.25) is 0 Å². The van der Waals surface area contributed by atoms with E-state index in [-0.39, 0.29) is 11.6 Å². The first-order chi connectivity index (χ1) is 14.5. The van der Waals surface area contributed by atoms with E-state index in [4.69, 9.17) is 4.98 Å². The van der Waals surface area contributed by atoms with E-state index in [0.29, 0.717) is 11.5 Å². The molecule has 5 aromatic rings. The summed E-state index contributed by atoms with van der Waals surface area (Å²) in [5.74, 6) is 0.0739. The zero-order chi connectivity index (χ0) is 20.8. The molecule has 2 N–H and O–H groups in total. The molecule has 0 atom stereocenters. The number of aryl methyl sites for hydroxylation is 1. The van der Waals surface area contributed by atoms with Gasteiger partial charge in [-0.25, -0.2) is 13.8 Å². The smallest absolute Gasteiger partial charge is 0.140 e. The summed E-state index contributed by atoms with van der Waals surface area (Å²) in [4.78, 5) is 11.7. The SMILES string of the molecule is Cc1[nH]c2ccc(Br)cc2c1-c1nc(-c2ccc(F)cc2)c(-c2ccc(F)cc2)[nH]1. The van der Waals surface area contributed by atoms with Crippen molar-refractivity contribution < 1.29 is 8.78 Å². The number of hydrogen-bond donors (Lipinski definition) is 2. The molecule has 5 rings (SSSR count). The number of hydrogen-bond acceptors (Lipinski definition) is 1. The molecule has 3 nitrogen and oxygen atoms in total. The first-order valence-corrected chi connectivity index (χ1v) is 10.2. The van der Waals surface area contributed by atoms with E-state index in [1.807, 2.05) is 25.1 Å². The summed E-state index contributed by atoms with van der Waals surface area (Å²) in [6, 6.07) is 18.5. The van der Waals surface area contributed by atoms with Crippen molar-refractivity contribution in [2.75, 3.05) is 0 Å². The lowest BCUT2D eigenvalue weighted by molar-refractivity contribution is 0.627. The molecule has 0 saturated heterocycles. The second-order valence-corrected chi connectivity index (χ2v) is 8.05. The number of H-pyrrole nitrogens is 2. The number of nitrogens with one attached hydrogen (secondary N) is 2. The molecule has 0 radical (unpaired) electrons. The third-order valence-corrected chi connectivity index (χ3v) is 5.63. The van der Waals surface area contributed by atoms with Crippen LogP contribution in [0, 0.1) is 18.6 Å². The highest BCUT2D eigenvalue weighted by atomic mass is 79.9. The normalized spacial score (nSPS) is 11.3. The van der Waals surface area contributed by atoms with Gasteiger partial charge in [-0.05, 0) is 73.7 Å². The number of rotatable bonds is 3. The van der Waals surface area contributed by atoms with Crippen LogP contribution >= 0.6 is 15.9 Å². The molecule has 0 amide bonds. The molecular formula is C24H16BrF2N3. The van der Waals surface area contributed by atoms with Gasteiger partial charge in [0, 0.05) is 37.8 Å². The molecular weight excluding hydrogens is 448 g/mol. The minimum absolute atomic E-state index is 0.306. The summed E-state index contributed by atoms with van der Waals surface area (Å²) >= 11 is 3.54. The van der Waals surface area contributed by atoms with Crippen molar-refractivity contribution in [3.05, 3.63) is 88.5 Å². The number of imidazole rings is 1. The standard InChI is InChI=1S/C24H16BrF2N3/c1-13-21(19-12-16(25)6-11-20(19)28-13)24-29-22(14-2-7-17(26)8-3-14)23(30-24)15-4-9-18(27)10-5-15/h2-12,28H,1H3,(H,29,30). The van der Waals surface area contributed by atoms with Crippen molar-refractivity contribution in [1.29, 1.82) is 0 Å². The maximum Gasteiger partial charge on any atom is 0.140 e. The molecule has 0 unspecified atom stereocenters. The molecule has 2 heterocycles. The molecule has 0 bridgehead atoms. The maximum atomic E-state index is 13.5. The zero-order valence-electron chi connectivity index (χ0n) is 15.9. The highest BCUT2D eigenvalue weighted by Gasteiger charge is 2.19. The molecule has 30 heavy (non-hydrogen) atoms. The maximum absolute atomic E-state index is 13.5. The van der Waals surface area contributed by atoms with E-state index in [1.165, 1.54) is 24.3 Å². The van der Waals surface area contributed by atoms with Gasteiger partial charge in [0.1, 0.15) is 17.5 Å². The first kappa shape index (κ1) is 18.8. The van der Waals surface area contributed by atoms with Crippen LogP contribution in [0.5, 0.6) is 0 Å². The largest absolute Gasteiger partial charge is 0.358 e. The Balaban J connectivity index is 1.76. The van der Waals surface area contributed by atoms with Crippen LogP contribution in [0.15, 0.2) is 71.2 Å². The Kier molecular flexibility index (Phi) is 4.51. The Hall–Kier alpha value is -3.25. The van der Waals surface area contributed by atoms with E-state index in [1.54, 1.807) is 24.3 Å².